The molecule has 140 valence electrons. The molecule has 0 bridgehead atoms. The van der Waals surface area contributed by atoms with Gasteiger partial charge in [0.15, 0.2) is 0 Å². The van der Waals surface area contributed by atoms with E-state index in [1.807, 2.05) is 6.20 Å². The van der Waals surface area contributed by atoms with Crippen molar-refractivity contribution in [2.75, 3.05) is 31.1 Å². The van der Waals surface area contributed by atoms with Crippen LogP contribution >= 0.6 is 0 Å². The van der Waals surface area contributed by atoms with E-state index in [0.29, 0.717) is 5.92 Å². The summed E-state index contributed by atoms with van der Waals surface area (Å²) < 4.78 is 2.37. The van der Waals surface area contributed by atoms with Gasteiger partial charge in [-0.05, 0) is 64.8 Å². The minimum absolute atomic E-state index is 0.522. The normalized spacial score (nSPS) is 19.4. The van der Waals surface area contributed by atoms with E-state index >= 15 is 0 Å². The summed E-state index contributed by atoms with van der Waals surface area (Å²) in [5.41, 5.74) is 2.38. The van der Waals surface area contributed by atoms with Gasteiger partial charge in [0.05, 0.1) is 6.54 Å². The molecule has 2 aromatic heterocycles. The average Bonchev–Trinajstić information content (AvgIpc) is 3.32. The van der Waals surface area contributed by atoms with E-state index in [1.165, 1.54) is 37.4 Å². The van der Waals surface area contributed by atoms with Gasteiger partial charge in [-0.2, -0.15) is 0 Å². The van der Waals surface area contributed by atoms with Gasteiger partial charge in [0.1, 0.15) is 11.6 Å². The third-order valence-corrected chi connectivity index (χ3v) is 5.84. The Bertz CT molecular complexity index is 726. The topological polar surface area (TPSA) is 50.1 Å². The SMILES string of the molecule is CCn1c(CN2CCCC2)nnc1C1CCN(c2ccnc(C)c2)CC1. The molecule has 0 N–H and O–H groups in total. The monoisotopic (exact) mass is 354 g/mol. The molecule has 4 rings (SSSR count). The highest BCUT2D eigenvalue weighted by Crippen LogP contribution is 2.30. The zero-order valence-electron chi connectivity index (χ0n) is 16.1. The zero-order valence-corrected chi connectivity index (χ0v) is 16.1. The lowest BCUT2D eigenvalue weighted by molar-refractivity contribution is 0.315. The van der Waals surface area contributed by atoms with Crippen molar-refractivity contribution in [3.8, 4) is 0 Å². The van der Waals surface area contributed by atoms with Crippen molar-refractivity contribution >= 4 is 5.69 Å². The molecule has 2 aromatic rings. The third-order valence-electron chi connectivity index (χ3n) is 5.84. The molecule has 0 amide bonds. The molecule has 0 saturated carbocycles. The first kappa shape index (κ1) is 17.5. The summed E-state index contributed by atoms with van der Waals surface area (Å²) in [5.74, 6) is 2.87. The van der Waals surface area contributed by atoms with Gasteiger partial charge in [0, 0.05) is 43.1 Å². The van der Waals surface area contributed by atoms with E-state index in [1.54, 1.807) is 0 Å². The predicted molar refractivity (Wildman–Crippen MR) is 103 cm³/mol. The molecule has 26 heavy (non-hydrogen) atoms. The van der Waals surface area contributed by atoms with E-state index in [9.17, 15) is 0 Å². The van der Waals surface area contributed by atoms with Crippen LogP contribution in [0.3, 0.4) is 0 Å². The molecule has 6 nitrogen and oxygen atoms in total. The van der Waals surface area contributed by atoms with Crippen LogP contribution in [0, 0.1) is 6.92 Å². The van der Waals surface area contributed by atoms with Gasteiger partial charge in [-0.15, -0.1) is 10.2 Å². The average molecular weight is 355 g/mol. The van der Waals surface area contributed by atoms with Gasteiger partial charge >= 0.3 is 0 Å². The summed E-state index contributed by atoms with van der Waals surface area (Å²) >= 11 is 0. The molecule has 0 atom stereocenters. The first-order valence-corrected chi connectivity index (χ1v) is 10.1. The number of nitrogens with zero attached hydrogens (tertiary/aromatic N) is 6. The van der Waals surface area contributed by atoms with Crippen LogP contribution in [0.5, 0.6) is 0 Å². The number of aromatic nitrogens is 4. The first-order valence-electron chi connectivity index (χ1n) is 10.1. The molecule has 0 aromatic carbocycles. The largest absolute Gasteiger partial charge is 0.371 e. The van der Waals surface area contributed by atoms with Crippen molar-refractivity contribution in [2.24, 2.45) is 0 Å². The Balaban J connectivity index is 1.43. The minimum atomic E-state index is 0.522. The lowest BCUT2D eigenvalue weighted by Gasteiger charge is -2.33. The molecular weight excluding hydrogens is 324 g/mol. The van der Waals surface area contributed by atoms with Crippen molar-refractivity contribution in [1.82, 2.24) is 24.6 Å². The first-order chi connectivity index (χ1) is 12.7. The van der Waals surface area contributed by atoms with Crippen molar-refractivity contribution in [3.05, 3.63) is 35.7 Å². The highest BCUT2D eigenvalue weighted by Gasteiger charge is 2.26. The number of aryl methyl sites for hydroxylation is 1. The second-order valence-corrected chi connectivity index (χ2v) is 7.62. The quantitative estimate of drug-likeness (QED) is 0.826. The van der Waals surface area contributed by atoms with Crippen LogP contribution in [0.2, 0.25) is 0 Å². The summed E-state index contributed by atoms with van der Waals surface area (Å²) in [6.07, 6.45) is 6.83. The van der Waals surface area contributed by atoms with E-state index < -0.39 is 0 Å². The van der Waals surface area contributed by atoms with Crippen molar-refractivity contribution in [1.29, 1.82) is 0 Å². The molecule has 0 spiro atoms. The van der Waals surface area contributed by atoms with E-state index in [0.717, 1.165) is 50.5 Å². The number of hydrogen-bond donors (Lipinski definition) is 0. The van der Waals surface area contributed by atoms with Gasteiger partial charge in [0.25, 0.3) is 0 Å². The fourth-order valence-corrected chi connectivity index (χ4v) is 4.38. The number of rotatable bonds is 5. The lowest BCUT2D eigenvalue weighted by atomic mass is 9.95. The van der Waals surface area contributed by atoms with Crippen LogP contribution in [-0.4, -0.2) is 50.8 Å². The molecule has 0 unspecified atom stereocenters. The molecular formula is C20H30N6. The van der Waals surface area contributed by atoms with Crippen LogP contribution in [0.15, 0.2) is 18.3 Å². The van der Waals surface area contributed by atoms with E-state index in [2.05, 4.69) is 55.5 Å². The molecule has 2 saturated heterocycles. The molecule has 0 radical (unpaired) electrons. The zero-order chi connectivity index (χ0) is 17.9. The number of piperidine rings is 1. The Labute approximate surface area is 156 Å². The third kappa shape index (κ3) is 3.61. The number of likely N-dealkylation sites (tertiary alicyclic amines) is 1. The second kappa shape index (κ2) is 7.74. The number of anilines is 1. The lowest BCUT2D eigenvalue weighted by Crippen LogP contribution is -2.34. The molecule has 2 fully saturated rings. The maximum Gasteiger partial charge on any atom is 0.147 e. The Morgan fingerprint density at radius 1 is 1.08 bits per heavy atom. The van der Waals surface area contributed by atoms with Crippen molar-refractivity contribution in [2.45, 2.75) is 58.5 Å². The molecule has 6 heteroatoms. The maximum atomic E-state index is 4.62. The highest BCUT2D eigenvalue weighted by molar-refractivity contribution is 5.46. The van der Waals surface area contributed by atoms with Crippen molar-refractivity contribution < 1.29 is 0 Å². The van der Waals surface area contributed by atoms with E-state index in [4.69, 9.17) is 0 Å². The van der Waals surface area contributed by atoms with Crippen molar-refractivity contribution in [3.63, 3.8) is 0 Å². The molecule has 0 aliphatic carbocycles. The smallest absolute Gasteiger partial charge is 0.147 e. The Kier molecular flexibility index (Phi) is 5.20. The summed E-state index contributed by atoms with van der Waals surface area (Å²) in [7, 11) is 0. The number of hydrogen-bond acceptors (Lipinski definition) is 5. The summed E-state index contributed by atoms with van der Waals surface area (Å²) in [6.45, 7) is 10.8. The fourth-order valence-electron chi connectivity index (χ4n) is 4.38. The van der Waals surface area contributed by atoms with Crippen LogP contribution < -0.4 is 4.90 Å². The minimum Gasteiger partial charge on any atom is -0.371 e. The summed E-state index contributed by atoms with van der Waals surface area (Å²) in [6, 6.07) is 4.30. The van der Waals surface area contributed by atoms with Crippen LogP contribution in [0.1, 0.15) is 55.9 Å². The van der Waals surface area contributed by atoms with Gasteiger partial charge in [0.2, 0.25) is 0 Å². The van der Waals surface area contributed by atoms with Gasteiger partial charge in [-0.25, -0.2) is 0 Å². The summed E-state index contributed by atoms with van der Waals surface area (Å²) in [5, 5.41) is 9.19. The second-order valence-electron chi connectivity index (χ2n) is 7.62. The standard InChI is InChI=1S/C20H30N6/c1-3-26-19(15-24-10-4-5-11-24)22-23-20(26)17-7-12-25(13-8-17)18-6-9-21-16(2)14-18/h6,9,14,17H,3-5,7-8,10-13,15H2,1-2H3. The molecule has 4 heterocycles. The van der Waals surface area contributed by atoms with Gasteiger partial charge in [-0.3, -0.25) is 9.88 Å². The van der Waals surface area contributed by atoms with Crippen LogP contribution in [0.25, 0.3) is 0 Å². The van der Waals surface area contributed by atoms with E-state index in [-0.39, 0.29) is 0 Å². The summed E-state index contributed by atoms with van der Waals surface area (Å²) in [4.78, 5) is 9.30. The fraction of sp³-hybridized carbons (Fsp3) is 0.650. The Morgan fingerprint density at radius 2 is 1.85 bits per heavy atom. The molecule has 2 aliphatic heterocycles. The Morgan fingerprint density at radius 3 is 2.54 bits per heavy atom. The van der Waals surface area contributed by atoms with Gasteiger partial charge < -0.3 is 9.47 Å². The maximum absolute atomic E-state index is 4.62. The van der Waals surface area contributed by atoms with Crippen LogP contribution in [0.4, 0.5) is 5.69 Å². The predicted octanol–water partition coefficient (Wildman–Crippen LogP) is 2.98. The Hall–Kier alpha value is -1.95. The number of pyridine rings is 1. The van der Waals surface area contributed by atoms with Gasteiger partial charge in [-0.1, -0.05) is 0 Å². The highest BCUT2D eigenvalue weighted by atomic mass is 15.3. The van der Waals surface area contributed by atoms with Crippen LogP contribution in [-0.2, 0) is 13.1 Å². The molecule has 2 aliphatic rings.